The highest BCUT2D eigenvalue weighted by molar-refractivity contribution is 5.74. The number of carbonyl (C=O) groups excluding carboxylic acids is 2. The van der Waals surface area contributed by atoms with Gasteiger partial charge in [0, 0.05) is 6.07 Å². The molecule has 0 radical (unpaired) electrons. The van der Waals surface area contributed by atoms with Crippen molar-refractivity contribution in [3.05, 3.63) is 35.5 Å². The summed E-state index contributed by atoms with van der Waals surface area (Å²) in [6.07, 6.45) is 0.846. The first-order valence-corrected chi connectivity index (χ1v) is 9.12. The standard InChI is InChI=1S/C18H22F2N6O4/c1-2-29-15(27)9-22-10-16(28)30-7-3-4-14-17(18(21)26-24-14)25-23-11-5-6-12(19)13(20)8-11/h5-6,8,22H,2-4,7,9-10H2,1H3,(H3,21,24,26). The molecule has 0 fully saturated rings. The van der Waals surface area contributed by atoms with Gasteiger partial charge < -0.3 is 15.2 Å². The molecule has 0 saturated carbocycles. The summed E-state index contributed by atoms with van der Waals surface area (Å²) in [7, 11) is 0. The molecular formula is C18H22F2N6O4. The van der Waals surface area contributed by atoms with E-state index >= 15 is 0 Å². The van der Waals surface area contributed by atoms with Crippen LogP contribution in [0.2, 0.25) is 0 Å². The van der Waals surface area contributed by atoms with Gasteiger partial charge in [-0.15, -0.1) is 5.11 Å². The van der Waals surface area contributed by atoms with Crippen molar-refractivity contribution in [2.45, 2.75) is 19.8 Å². The van der Waals surface area contributed by atoms with Crippen molar-refractivity contribution in [1.29, 1.82) is 0 Å². The predicted octanol–water partition coefficient (Wildman–Crippen LogP) is 2.31. The largest absolute Gasteiger partial charge is 0.465 e. The fourth-order valence-corrected chi connectivity index (χ4v) is 2.29. The average Bonchev–Trinajstić information content (AvgIpc) is 3.06. The Kier molecular flexibility index (Phi) is 8.81. The molecule has 0 unspecified atom stereocenters. The molecule has 0 aliphatic heterocycles. The Morgan fingerprint density at radius 3 is 2.60 bits per heavy atom. The molecule has 0 aliphatic rings. The van der Waals surface area contributed by atoms with E-state index in [0.29, 0.717) is 18.5 Å². The van der Waals surface area contributed by atoms with E-state index in [9.17, 15) is 18.4 Å². The SMILES string of the molecule is CCOC(=O)CNCC(=O)OCCCc1[nH]nc(N)c1N=Nc1ccc(F)c(F)c1. The number of aromatic amines is 1. The molecule has 1 heterocycles. The second-order valence-electron chi connectivity index (χ2n) is 5.97. The lowest BCUT2D eigenvalue weighted by atomic mass is 10.2. The van der Waals surface area contributed by atoms with Crippen LogP contribution >= 0.6 is 0 Å². The fourth-order valence-electron chi connectivity index (χ4n) is 2.29. The van der Waals surface area contributed by atoms with Gasteiger partial charge in [-0.05, 0) is 31.9 Å². The van der Waals surface area contributed by atoms with Gasteiger partial charge in [0.05, 0.1) is 37.7 Å². The number of nitrogens with zero attached hydrogens (tertiary/aromatic N) is 3. The number of benzene rings is 1. The number of nitrogens with two attached hydrogens (primary N) is 1. The normalized spacial score (nSPS) is 11.0. The Bertz CT molecular complexity index is 903. The number of hydrogen-bond donors (Lipinski definition) is 3. The molecule has 0 saturated heterocycles. The zero-order chi connectivity index (χ0) is 21.9. The molecule has 0 bridgehead atoms. The summed E-state index contributed by atoms with van der Waals surface area (Å²) in [5.41, 5.74) is 6.68. The highest BCUT2D eigenvalue weighted by atomic mass is 19.2. The number of aryl methyl sites for hydroxylation is 1. The summed E-state index contributed by atoms with van der Waals surface area (Å²) < 4.78 is 36.0. The van der Waals surface area contributed by atoms with Crippen molar-refractivity contribution < 1.29 is 27.8 Å². The quantitative estimate of drug-likeness (QED) is 0.285. The third kappa shape index (κ3) is 7.20. The van der Waals surface area contributed by atoms with Crippen molar-refractivity contribution in [2.75, 3.05) is 32.0 Å². The molecule has 2 rings (SSSR count). The summed E-state index contributed by atoms with van der Waals surface area (Å²) in [6.45, 7) is 1.88. The molecule has 30 heavy (non-hydrogen) atoms. The van der Waals surface area contributed by atoms with Crippen LogP contribution in [0.25, 0.3) is 0 Å². The number of H-pyrrole nitrogens is 1. The van der Waals surface area contributed by atoms with Gasteiger partial charge in [-0.2, -0.15) is 10.2 Å². The van der Waals surface area contributed by atoms with Gasteiger partial charge in [0.1, 0.15) is 0 Å². The van der Waals surface area contributed by atoms with Crippen LogP contribution in [0.4, 0.5) is 26.0 Å². The van der Waals surface area contributed by atoms with Gasteiger partial charge in [-0.1, -0.05) is 0 Å². The Balaban J connectivity index is 1.78. The lowest BCUT2D eigenvalue weighted by Crippen LogP contribution is -2.30. The highest BCUT2D eigenvalue weighted by Crippen LogP contribution is 2.28. The maximum Gasteiger partial charge on any atom is 0.319 e. The van der Waals surface area contributed by atoms with Gasteiger partial charge in [-0.25, -0.2) is 8.78 Å². The van der Waals surface area contributed by atoms with Crippen molar-refractivity contribution in [1.82, 2.24) is 15.5 Å². The van der Waals surface area contributed by atoms with Crippen molar-refractivity contribution in [2.24, 2.45) is 10.2 Å². The summed E-state index contributed by atoms with van der Waals surface area (Å²) in [6, 6.07) is 3.12. The number of anilines is 1. The van der Waals surface area contributed by atoms with Crippen LogP contribution in [-0.2, 0) is 25.5 Å². The van der Waals surface area contributed by atoms with E-state index in [0.717, 1.165) is 12.1 Å². The van der Waals surface area contributed by atoms with Crippen molar-refractivity contribution in [3.63, 3.8) is 0 Å². The minimum Gasteiger partial charge on any atom is -0.465 e. The van der Waals surface area contributed by atoms with E-state index in [4.69, 9.17) is 15.2 Å². The second-order valence-corrected chi connectivity index (χ2v) is 5.97. The minimum absolute atomic E-state index is 0.0807. The van der Waals surface area contributed by atoms with Gasteiger partial charge in [0.2, 0.25) is 0 Å². The van der Waals surface area contributed by atoms with Gasteiger partial charge in [0.15, 0.2) is 23.1 Å². The van der Waals surface area contributed by atoms with Crippen LogP contribution in [-0.4, -0.2) is 48.4 Å². The first-order chi connectivity index (χ1) is 14.4. The summed E-state index contributed by atoms with van der Waals surface area (Å²) in [5, 5.41) is 17.0. The number of aromatic nitrogens is 2. The average molecular weight is 424 g/mol. The molecule has 1 aromatic heterocycles. The van der Waals surface area contributed by atoms with E-state index in [1.807, 2.05) is 0 Å². The zero-order valence-corrected chi connectivity index (χ0v) is 16.3. The lowest BCUT2D eigenvalue weighted by molar-refractivity contribution is -0.143. The molecule has 0 amide bonds. The molecule has 162 valence electrons. The highest BCUT2D eigenvalue weighted by Gasteiger charge is 2.11. The number of nitrogens with one attached hydrogen (secondary N) is 2. The maximum absolute atomic E-state index is 13.2. The first-order valence-electron chi connectivity index (χ1n) is 9.12. The monoisotopic (exact) mass is 424 g/mol. The molecule has 0 aliphatic carbocycles. The Morgan fingerprint density at radius 2 is 1.90 bits per heavy atom. The predicted molar refractivity (Wildman–Crippen MR) is 102 cm³/mol. The molecule has 12 heteroatoms. The Hall–Kier alpha value is -3.41. The third-order valence-corrected chi connectivity index (χ3v) is 3.69. The van der Waals surface area contributed by atoms with Crippen LogP contribution in [0.15, 0.2) is 28.4 Å². The fraction of sp³-hybridized carbons (Fsp3) is 0.389. The van der Waals surface area contributed by atoms with Gasteiger partial charge in [0.25, 0.3) is 0 Å². The summed E-state index contributed by atoms with van der Waals surface area (Å²) in [4.78, 5) is 22.8. The summed E-state index contributed by atoms with van der Waals surface area (Å²) >= 11 is 0. The molecule has 0 atom stereocenters. The Labute approximate surface area is 170 Å². The first kappa shape index (κ1) is 22.9. The smallest absolute Gasteiger partial charge is 0.319 e. The van der Waals surface area contributed by atoms with Crippen LogP contribution in [0.5, 0.6) is 0 Å². The topological polar surface area (TPSA) is 144 Å². The van der Waals surface area contributed by atoms with Gasteiger partial charge >= 0.3 is 11.9 Å². The van der Waals surface area contributed by atoms with E-state index in [-0.39, 0.29) is 43.5 Å². The third-order valence-electron chi connectivity index (χ3n) is 3.69. The molecule has 10 nitrogen and oxygen atoms in total. The van der Waals surface area contributed by atoms with Crippen LogP contribution in [0.1, 0.15) is 19.0 Å². The minimum atomic E-state index is -1.04. The number of rotatable bonds is 11. The lowest BCUT2D eigenvalue weighted by Gasteiger charge is -2.06. The summed E-state index contributed by atoms with van der Waals surface area (Å²) in [5.74, 6) is -2.89. The number of azo groups is 1. The molecule has 4 N–H and O–H groups in total. The van der Waals surface area contributed by atoms with Crippen LogP contribution < -0.4 is 11.1 Å². The van der Waals surface area contributed by atoms with E-state index in [1.165, 1.54) is 6.07 Å². The number of halogens is 2. The molecule has 0 spiro atoms. The second kappa shape index (κ2) is 11.6. The van der Waals surface area contributed by atoms with Crippen molar-refractivity contribution >= 4 is 29.1 Å². The van der Waals surface area contributed by atoms with E-state index in [2.05, 4.69) is 25.7 Å². The number of nitrogen functional groups attached to an aromatic ring is 1. The van der Waals surface area contributed by atoms with Crippen LogP contribution in [0.3, 0.4) is 0 Å². The zero-order valence-electron chi connectivity index (χ0n) is 16.3. The number of carbonyl (C=O) groups is 2. The molecular weight excluding hydrogens is 402 g/mol. The van der Waals surface area contributed by atoms with Gasteiger partial charge in [-0.3, -0.25) is 20.0 Å². The van der Waals surface area contributed by atoms with E-state index < -0.39 is 23.6 Å². The Morgan fingerprint density at radius 1 is 1.17 bits per heavy atom. The van der Waals surface area contributed by atoms with Crippen molar-refractivity contribution in [3.8, 4) is 0 Å². The molecule has 1 aromatic carbocycles. The van der Waals surface area contributed by atoms with Crippen LogP contribution in [0, 0.1) is 11.6 Å². The number of ether oxygens (including phenoxy) is 2. The number of hydrogen-bond acceptors (Lipinski definition) is 9. The maximum atomic E-state index is 13.2. The molecule has 2 aromatic rings. The van der Waals surface area contributed by atoms with E-state index in [1.54, 1.807) is 6.92 Å². The number of esters is 2.